The van der Waals surface area contributed by atoms with E-state index < -0.39 is 23.5 Å². The van der Waals surface area contributed by atoms with Crippen LogP contribution in [0.2, 0.25) is 0 Å². The highest BCUT2D eigenvalue weighted by molar-refractivity contribution is 5.91. The molecular weight excluding hydrogens is 566 g/mol. The van der Waals surface area contributed by atoms with Crippen molar-refractivity contribution in [2.24, 2.45) is 52.3 Å². The molecule has 0 radical (unpaired) electrons. The van der Waals surface area contributed by atoms with E-state index in [4.69, 9.17) is 4.74 Å². The first-order valence-electron chi connectivity index (χ1n) is 17.1. The van der Waals surface area contributed by atoms with Crippen molar-refractivity contribution in [1.82, 2.24) is 13.9 Å². The molecule has 3 saturated carbocycles. The summed E-state index contributed by atoms with van der Waals surface area (Å²) in [7, 11) is 0. The number of hydrogen-bond donors (Lipinski definition) is 0. The largest absolute Gasteiger partial charge is 0.459 e. The number of hydrogen-bond acceptors (Lipinski definition) is 5. The Morgan fingerprint density at radius 2 is 1.56 bits per heavy atom. The van der Waals surface area contributed by atoms with Crippen LogP contribution in [-0.2, 0) is 14.3 Å². The highest BCUT2D eigenvalue weighted by Crippen LogP contribution is 2.67. The van der Waals surface area contributed by atoms with Gasteiger partial charge in [-0.15, -0.1) is 0 Å². The second-order valence-corrected chi connectivity index (χ2v) is 15.4. The van der Waals surface area contributed by atoms with Crippen LogP contribution < -0.4 is 11.4 Å². The van der Waals surface area contributed by atoms with Crippen LogP contribution in [0.25, 0.3) is 5.69 Å². The molecule has 1 aliphatic heterocycles. The topological polar surface area (TPSA) is 92.3 Å². The number of benzene rings is 1. The van der Waals surface area contributed by atoms with Crippen molar-refractivity contribution in [2.75, 3.05) is 0 Å². The number of allylic oxidation sites excluding steroid dienone is 4. The smallest absolute Gasteiger partial charge is 0.354 e. The third-order valence-electron chi connectivity index (χ3n) is 12.9. The van der Waals surface area contributed by atoms with Crippen LogP contribution in [0.4, 0.5) is 0 Å². The highest BCUT2D eigenvalue weighted by atomic mass is 16.5. The lowest BCUT2D eigenvalue weighted by atomic mass is 9.46. The summed E-state index contributed by atoms with van der Waals surface area (Å²) in [5.74, 6) is 2.92. The minimum absolute atomic E-state index is 0.0405. The maximum absolute atomic E-state index is 13.2. The Morgan fingerprint density at radius 3 is 2.24 bits per heavy atom. The van der Waals surface area contributed by atoms with Gasteiger partial charge in [-0.05, 0) is 109 Å². The number of aromatic nitrogens is 3. The zero-order valence-electron chi connectivity index (χ0n) is 27.2. The Hall–Kier alpha value is -3.42. The van der Waals surface area contributed by atoms with Crippen LogP contribution in [0.15, 0.2) is 64.2 Å². The lowest BCUT2D eigenvalue weighted by molar-refractivity contribution is -0.157. The molecule has 2 aromatic rings. The van der Waals surface area contributed by atoms with E-state index in [0.29, 0.717) is 41.2 Å². The number of rotatable bonds is 7. The third kappa shape index (κ3) is 4.68. The number of carbonyl (C=O) groups excluding carboxylic acids is 2. The lowest BCUT2D eigenvalue weighted by Crippen LogP contribution is -2.52. The Kier molecular flexibility index (Phi) is 7.29. The van der Waals surface area contributed by atoms with E-state index in [9.17, 15) is 19.2 Å². The van der Waals surface area contributed by atoms with E-state index in [1.807, 2.05) is 26.0 Å². The lowest BCUT2D eigenvalue weighted by Gasteiger charge is -2.59. The zero-order valence-corrected chi connectivity index (χ0v) is 27.2. The van der Waals surface area contributed by atoms with E-state index >= 15 is 0 Å². The summed E-state index contributed by atoms with van der Waals surface area (Å²) in [6.45, 7) is 11.2. The third-order valence-corrected chi connectivity index (χ3v) is 12.9. The monoisotopic (exact) mass is 613 g/mol. The number of ether oxygens (including phenoxy) is 1. The van der Waals surface area contributed by atoms with Gasteiger partial charge in [0, 0.05) is 5.92 Å². The van der Waals surface area contributed by atoms with E-state index in [0.717, 1.165) is 23.8 Å². The van der Waals surface area contributed by atoms with Crippen LogP contribution in [0.5, 0.6) is 0 Å². The van der Waals surface area contributed by atoms with Gasteiger partial charge < -0.3 is 4.74 Å². The molecule has 2 heterocycles. The summed E-state index contributed by atoms with van der Waals surface area (Å²) in [6.07, 6.45) is 15.3. The summed E-state index contributed by atoms with van der Waals surface area (Å²) in [6, 6.07) is 8.76. The Bertz CT molecular complexity index is 1640. The van der Waals surface area contributed by atoms with Crippen molar-refractivity contribution in [3.8, 4) is 5.69 Å². The summed E-state index contributed by atoms with van der Waals surface area (Å²) in [5.41, 5.74) is -0.0925. The molecule has 5 aliphatic rings. The minimum Gasteiger partial charge on any atom is -0.459 e. The van der Waals surface area contributed by atoms with Crippen LogP contribution in [-0.4, -0.2) is 31.8 Å². The molecule has 0 saturated heterocycles. The minimum atomic E-state index is -0.961. The number of carbonyl (C=O) groups is 2. The predicted octanol–water partition coefficient (Wildman–Crippen LogP) is 5.93. The Morgan fingerprint density at radius 1 is 0.889 bits per heavy atom. The molecule has 0 spiro atoms. The molecule has 0 N–H and O–H groups in total. The normalized spacial score (nSPS) is 35.9. The van der Waals surface area contributed by atoms with Crippen LogP contribution in [0.3, 0.4) is 0 Å². The molecule has 9 atom stereocenters. The van der Waals surface area contributed by atoms with Crippen molar-refractivity contribution in [1.29, 1.82) is 0 Å². The quantitative estimate of drug-likeness (QED) is 0.220. The molecule has 45 heavy (non-hydrogen) atoms. The van der Waals surface area contributed by atoms with Gasteiger partial charge in [0.2, 0.25) is 6.17 Å². The van der Waals surface area contributed by atoms with E-state index in [1.54, 1.807) is 24.3 Å². The van der Waals surface area contributed by atoms with Gasteiger partial charge in [0.25, 0.3) is 0 Å². The molecular formula is C37H47N3O5. The maximum Gasteiger partial charge on any atom is 0.354 e. The molecule has 1 aromatic carbocycles. The molecule has 3 unspecified atom stereocenters. The summed E-state index contributed by atoms with van der Waals surface area (Å²) in [5, 5.41) is 0. The first-order valence-corrected chi connectivity index (χ1v) is 17.1. The fourth-order valence-corrected chi connectivity index (χ4v) is 10.2. The Balaban J connectivity index is 1.01. The van der Waals surface area contributed by atoms with E-state index in [-0.39, 0.29) is 28.6 Å². The fraction of sp³-hybridized carbons (Fsp3) is 0.622. The molecule has 8 heteroatoms. The van der Waals surface area contributed by atoms with E-state index in [2.05, 4.69) is 39.0 Å². The van der Waals surface area contributed by atoms with E-state index in [1.165, 1.54) is 35.0 Å². The molecule has 0 bridgehead atoms. The molecule has 1 aromatic heterocycles. The van der Waals surface area contributed by atoms with Gasteiger partial charge >= 0.3 is 17.3 Å². The number of fused-ring (bicyclic) bond motifs is 6. The van der Waals surface area contributed by atoms with Gasteiger partial charge in [-0.1, -0.05) is 71.0 Å². The second kappa shape index (κ2) is 10.8. The van der Waals surface area contributed by atoms with Crippen molar-refractivity contribution in [2.45, 2.75) is 91.8 Å². The fourth-order valence-electron chi connectivity index (χ4n) is 10.2. The maximum atomic E-state index is 13.2. The first kappa shape index (κ1) is 30.2. The zero-order chi connectivity index (χ0) is 31.8. The Labute approximate surface area is 265 Å². The van der Waals surface area contributed by atoms with Crippen molar-refractivity contribution in [3.05, 3.63) is 75.6 Å². The van der Waals surface area contributed by atoms with Crippen molar-refractivity contribution in [3.63, 3.8) is 0 Å². The molecule has 7 rings (SSSR count). The number of nitrogens with zero attached hydrogens (tertiary/aromatic N) is 3. The number of ketones is 1. The molecule has 8 nitrogen and oxygen atoms in total. The molecule has 3 fully saturated rings. The van der Waals surface area contributed by atoms with Gasteiger partial charge in [-0.25, -0.2) is 19.0 Å². The average molecular weight is 614 g/mol. The van der Waals surface area contributed by atoms with Crippen LogP contribution in [0, 0.1) is 52.3 Å². The number of para-hydroxylation sites is 1. The predicted molar refractivity (Wildman–Crippen MR) is 172 cm³/mol. The van der Waals surface area contributed by atoms with Crippen LogP contribution >= 0.6 is 0 Å². The van der Waals surface area contributed by atoms with Crippen LogP contribution in [0.1, 0.15) is 85.7 Å². The number of esters is 1. The summed E-state index contributed by atoms with van der Waals surface area (Å²) < 4.78 is 9.47. The van der Waals surface area contributed by atoms with Gasteiger partial charge in [-0.2, -0.15) is 9.36 Å². The van der Waals surface area contributed by atoms with Crippen molar-refractivity contribution >= 4 is 11.8 Å². The van der Waals surface area contributed by atoms with Gasteiger partial charge in [0.05, 0.1) is 5.69 Å². The highest BCUT2D eigenvalue weighted by Gasteiger charge is 2.60. The van der Waals surface area contributed by atoms with Crippen molar-refractivity contribution < 1.29 is 14.3 Å². The van der Waals surface area contributed by atoms with Gasteiger partial charge in [0.15, 0.2) is 5.78 Å². The molecule has 240 valence electrons. The summed E-state index contributed by atoms with van der Waals surface area (Å²) >= 11 is 0. The second-order valence-electron chi connectivity index (χ2n) is 15.4. The van der Waals surface area contributed by atoms with Gasteiger partial charge in [-0.3, -0.25) is 4.79 Å². The van der Waals surface area contributed by atoms with Gasteiger partial charge in [0.1, 0.15) is 6.10 Å². The SMILES string of the molecule is CC(C)C(=O)C=C[C@@H](C)[C@H]1CCC2[C@H]3C=CC4C[C@@H](OC(=O)C5n6c(=O)n(-c7ccccc7)c(=O)n65)CC[C@]4(C)C3CC[C@@]21C. The molecule has 0 amide bonds. The average Bonchev–Trinajstić information content (AvgIpc) is 3.59. The molecule has 4 aliphatic carbocycles. The first-order chi connectivity index (χ1) is 21.5. The standard InChI is InChI=1S/C37H47N3O5/c1-22(2)31(41)16-11-23(3)28-14-15-29-27-13-12-24-21-26(17-19-36(24,4)30(27)18-20-37(28,29)5)45-33(42)32-39-34(43)38(35(44)40(32)39)25-9-7-6-8-10-25/h6-13,16,22-24,26-30,32H,14-15,17-21H2,1-5H3/t23-,24?,26+,27-,28-,29?,30?,32?,36+,37-,39?,40?/m1/s1. The summed E-state index contributed by atoms with van der Waals surface area (Å²) in [4.78, 5) is 51.3.